The molecular formula is C18H19FN2O3S. The van der Waals surface area contributed by atoms with E-state index in [-0.39, 0.29) is 17.4 Å². The maximum absolute atomic E-state index is 13.5. The third-order valence-corrected chi connectivity index (χ3v) is 4.18. The first-order valence-corrected chi connectivity index (χ1v) is 8.83. The van der Waals surface area contributed by atoms with Crippen LogP contribution < -0.4 is 15.6 Å². The summed E-state index contributed by atoms with van der Waals surface area (Å²) in [5.41, 5.74) is 5.71. The van der Waals surface area contributed by atoms with Crippen molar-refractivity contribution in [3.63, 3.8) is 0 Å². The van der Waals surface area contributed by atoms with Crippen molar-refractivity contribution in [2.24, 2.45) is 0 Å². The SMILES string of the molecule is C[C@H](Oc1ccccc1F)C(=O)NNC(=O)CSCc1ccccc1. The third kappa shape index (κ3) is 6.46. The number of para-hydroxylation sites is 1. The van der Waals surface area contributed by atoms with Gasteiger partial charge in [-0.1, -0.05) is 42.5 Å². The van der Waals surface area contributed by atoms with Gasteiger partial charge < -0.3 is 4.74 Å². The van der Waals surface area contributed by atoms with E-state index in [9.17, 15) is 14.0 Å². The fourth-order valence-corrected chi connectivity index (χ4v) is 2.68. The summed E-state index contributed by atoms with van der Waals surface area (Å²) in [5.74, 6) is -0.553. The van der Waals surface area contributed by atoms with Gasteiger partial charge in [-0.3, -0.25) is 20.4 Å². The standard InChI is InChI=1S/C18H19FN2O3S/c1-13(24-16-10-6-5-9-15(16)19)18(23)21-20-17(22)12-25-11-14-7-3-2-4-8-14/h2-10,13H,11-12H2,1H3,(H,20,22)(H,21,23)/t13-/m0/s1. The van der Waals surface area contributed by atoms with Gasteiger partial charge in [0.1, 0.15) is 0 Å². The van der Waals surface area contributed by atoms with Gasteiger partial charge in [0.05, 0.1) is 5.75 Å². The highest BCUT2D eigenvalue weighted by atomic mass is 32.2. The van der Waals surface area contributed by atoms with E-state index in [1.54, 1.807) is 6.07 Å². The van der Waals surface area contributed by atoms with Gasteiger partial charge in [-0.05, 0) is 24.6 Å². The number of halogens is 1. The molecule has 1 atom stereocenters. The smallest absolute Gasteiger partial charge is 0.279 e. The van der Waals surface area contributed by atoms with Crippen LogP contribution in [0.15, 0.2) is 54.6 Å². The summed E-state index contributed by atoms with van der Waals surface area (Å²) in [7, 11) is 0. The minimum atomic E-state index is -0.950. The normalized spacial score (nSPS) is 11.4. The molecule has 0 aromatic heterocycles. The second kappa shape index (κ2) is 9.68. The van der Waals surface area contributed by atoms with Gasteiger partial charge in [-0.2, -0.15) is 0 Å². The Bertz CT molecular complexity index is 712. The number of carbonyl (C=O) groups is 2. The summed E-state index contributed by atoms with van der Waals surface area (Å²) < 4.78 is 18.7. The lowest BCUT2D eigenvalue weighted by Gasteiger charge is -2.15. The first-order valence-electron chi connectivity index (χ1n) is 7.68. The van der Waals surface area contributed by atoms with Crippen molar-refractivity contribution < 1.29 is 18.7 Å². The van der Waals surface area contributed by atoms with Crippen molar-refractivity contribution in [3.8, 4) is 5.75 Å². The molecule has 0 aliphatic heterocycles. The van der Waals surface area contributed by atoms with Crippen molar-refractivity contribution in [2.75, 3.05) is 5.75 Å². The summed E-state index contributed by atoms with van der Waals surface area (Å²) in [6.45, 7) is 1.47. The van der Waals surface area contributed by atoms with Crippen LogP contribution in [0.2, 0.25) is 0 Å². The molecule has 2 N–H and O–H groups in total. The molecule has 0 radical (unpaired) electrons. The Kier molecular flexibility index (Phi) is 7.28. The summed E-state index contributed by atoms with van der Waals surface area (Å²) >= 11 is 1.43. The molecule has 0 aliphatic rings. The first kappa shape index (κ1) is 18.8. The fourth-order valence-electron chi connectivity index (χ4n) is 1.89. The molecule has 25 heavy (non-hydrogen) atoms. The summed E-state index contributed by atoms with van der Waals surface area (Å²) in [5, 5.41) is 0. The van der Waals surface area contributed by atoms with Gasteiger partial charge >= 0.3 is 0 Å². The number of rotatable bonds is 7. The zero-order chi connectivity index (χ0) is 18.1. The summed E-state index contributed by atoms with van der Waals surface area (Å²) in [4.78, 5) is 23.6. The second-order valence-electron chi connectivity index (χ2n) is 5.21. The third-order valence-electron chi connectivity index (χ3n) is 3.18. The number of nitrogens with one attached hydrogen (secondary N) is 2. The molecule has 5 nitrogen and oxygen atoms in total. The second-order valence-corrected chi connectivity index (χ2v) is 6.19. The van der Waals surface area contributed by atoms with Crippen LogP contribution in [0.4, 0.5) is 4.39 Å². The molecule has 0 spiro atoms. The fraction of sp³-hybridized carbons (Fsp3) is 0.222. The number of benzene rings is 2. The highest BCUT2D eigenvalue weighted by molar-refractivity contribution is 7.99. The van der Waals surface area contributed by atoms with Gasteiger partial charge in [0, 0.05) is 5.75 Å². The van der Waals surface area contributed by atoms with Crippen LogP contribution in [0.25, 0.3) is 0 Å². The lowest BCUT2D eigenvalue weighted by atomic mass is 10.2. The maximum Gasteiger partial charge on any atom is 0.279 e. The topological polar surface area (TPSA) is 67.4 Å². The predicted molar refractivity (Wildman–Crippen MR) is 95.4 cm³/mol. The monoisotopic (exact) mass is 362 g/mol. The number of hydrazine groups is 1. The number of thioether (sulfide) groups is 1. The molecule has 0 unspecified atom stereocenters. The molecule has 0 aliphatic carbocycles. The molecule has 7 heteroatoms. The van der Waals surface area contributed by atoms with Crippen LogP contribution in [-0.2, 0) is 15.3 Å². The molecule has 0 saturated carbocycles. The van der Waals surface area contributed by atoms with E-state index in [0.717, 1.165) is 5.56 Å². The van der Waals surface area contributed by atoms with E-state index in [4.69, 9.17) is 4.74 Å². The van der Waals surface area contributed by atoms with Crippen LogP contribution in [-0.4, -0.2) is 23.7 Å². The molecule has 2 rings (SSSR count). The van der Waals surface area contributed by atoms with E-state index in [1.807, 2.05) is 30.3 Å². The van der Waals surface area contributed by atoms with E-state index in [2.05, 4.69) is 10.9 Å². The van der Waals surface area contributed by atoms with Crippen LogP contribution in [0, 0.1) is 5.82 Å². The Balaban J connectivity index is 1.68. The molecule has 2 amide bonds. The van der Waals surface area contributed by atoms with Crippen molar-refractivity contribution in [1.82, 2.24) is 10.9 Å². The molecule has 0 heterocycles. The van der Waals surface area contributed by atoms with Crippen LogP contribution in [0.1, 0.15) is 12.5 Å². The molecular weight excluding hydrogens is 343 g/mol. The highest BCUT2D eigenvalue weighted by Gasteiger charge is 2.16. The lowest BCUT2D eigenvalue weighted by molar-refractivity contribution is -0.132. The van der Waals surface area contributed by atoms with Crippen molar-refractivity contribution in [1.29, 1.82) is 0 Å². The Morgan fingerprint density at radius 1 is 1.08 bits per heavy atom. The number of ether oxygens (including phenoxy) is 1. The molecule has 0 bridgehead atoms. The lowest BCUT2D eigenvalue weighted by Crippen LogP contribution is -2.47. The molecule has 0 saturated heterocycles. The molecule has 0 fully saturated rings. The Morgan fingerprint density at radius 3 is 2.48 bits per heavy atom. The molecule has 2 aromatic carbocycles. The number of amides is 2. The van der Waals surface area contributed by atoms with E-state index < -0.39 is 17.8 Å². The van der Waals surface area contributed by atoms with Gasteiger partial charge in [0.25, 0.3) is 5.91 Å². The van der Waals surface area contributed by atoms with Gasteiger partial charge in [0.2, 0.25) is 5.91 Å². The minimum Gasteiger partial charge on any atom is -0.478 e. The van der Waals surface area contributed by atoms with Gasteiger partial charge in [-0.25, -0.2) is 4.39 Å². The Labute approximate surface area is 149 Å². The minimum absolute atomic E-state index is 0.0186. The van der Waals surface area contributed by atoms with Crippen LogP contribution >= 0.6 is 11.8 Å². The molecule has 132 valence electrons. The van der Waals surface area contributed by atoms with Crippen LogP contribution in [0.3, 0.4) is 0 Å². The quantitative estimate of drug-likeness (QED) is 0.743. The van der Waals surface area contributed by atoms with Crippen molar-refractivity contribution in [3.05, 3.63) is 66.0 Å². The van der Waals surface area contributed by atoms with Crippen LogP contribution in [0.5, 0.6) is 5.75 Å². The average molecular weight is 362 g/mol. The van der Waals surface area contributed by atoms with E-state index >= 15 is 0 Å². The summed E-state index contributed by atoms with van der Waals surface area (Å²) in [6, 6.07) is 15.6. The number of carbonyl (C=O) groups excluding carboxylic acids is 2. The largest absolute Gasteiger partial charge is 0.478 e. The van der Waals surface area contributed by atoms with Crippen molar-refractivity contribution >= 4 is 23.6 Å². The van der Waals surface area contributed by atoms with Crippen molar-refractivity contribution in [2.45, 2.75) is 18.8 Å². The van der Waals surface area contributed by atoms with E-state index in [0.29, 0.717) is 5.75 Å². The summed E-state index contributed by atoms with van der Waals surface area (Å²) in [6.07, 6.45) is -0.950. The molecule has 2 aromatic rings. The Morgan fingerprint density at radius 2 is 1.76 bits per heavy atom. The maximum atomic E-state index is 13.5. The predicted octanol–water partition coefficient (Wildman–Crippen LogP) is 2.67. The number of hydrogen-bond acceptors (Lipinski definition) is 4. The average Bonchev–Trinajstić information content (AvgIpc) is 2.62. The van der Waals surface area contributed by atoms with Gasteiger partial charge in [0.15, 0.2) is 17.7 Å². The van der Waals surface area contributed by atoms with Gasteiger partial charge in [-0.15, -0.1) is 11.8 Å². The van der Waals surface area contributed by atoms with E-state index in [1.165, 1.54) is 36.9 Å². The highest BCUT2D eigenvalue weighted by Crippen LogP contribution is 2.17. The zero-order valence-corrected chi connectivity index (χ0v) is 14.5. The Hall–Kier alpha value is -2.54. The number of hydrogen-bond donors (Lipinski definition) is 2. The first-order chi connectivity index (χ1) is 12.1. The zero-order valence-electron chi connectivity index (χ0n) is 13.7.